The van der Waals surface area contributed by atoms with E-state index < -0.39 is 16.9 Å². The van der Waals surface area contributed by atoms with Crippen molar-refractivity contribution in [3.63, 3.8) is 0 Å². The smallest absolute Gasteiger partial charge is 0.309 e. The zero-order valence-corrected chi connectivity index (χ0v) is 20.9. The van der Waals surface area contributed by atoms with Crippen LogP contribution in [0.25, 0.3) is 0 Å². The van der Waals surface area contributed by atoms with E-state index in [2.05, 4.69) is 15.5 Å². The second kappa shape index (κ2) is 11.2. The van der Waals surface area contributed by atoms with E-state index >= 15 is 0 Å². The molecule has 1 heterocycles. The number of methoxy groups -OCH3 is 1. The summed E-state index contributed by atoms with van der Waals surface area (Å²) in [6.07, 6.45) is 5.09. The summed E-state index contributed by atoms with van der Waals surface area (Å²) in [7, 11) is 1.62. The summed E-state index contributed by atoms with van der Waals surface area (Å²) < 4.78 is 10.9. The molecule has 0 saturated heterocycles. The molecule has 180 valence electrons. The number of benzene rings is 1. The molecule has 0 spiro atoms. The topological polar surface area (TPSA) is 90.4 Å². The molecule has 1 atom stereocenters. The molecule has 0 radical (unpaired) electrons. The zero-order chi connectivity index (χ0) is 23.9. The van der Waals surface area contributed by atoms with E-state index in [-0.39, 0.29) is 11.9 Å². The van der Waals surface area contributed by atoms with E-state index in [0.29, 0.717) is 31.0 Å². The Hall–Kier alpha value is -2.32. The number of carbonyl (C=O) groups excluding carboxylic acids is 2. The Morgan fingerprint density at radius 1 is 1.15 bits per heavy atom. The molecule has 1 fully saturated rings. The van der Waals surface area contributed by atoms with Gasteiger partial charge in [-0.2, -0.15) is 0 Å². The Morgan fingerprint density at radius 3 is 2.48 bits per heavy atom. The highest BCUT2D eigenvalue weighted by atomic mass is 32.1. The van der Waals surface area contributed by atoms with Crippen LogP contribution in [0, 0.1) is 11.3 Å². The molecule has 1 amide bonds. The first-order valence-corrected chi connectivity index (χ1v) is 12.4. The van der Waals surface area contributed by atoms with Crippen LogP contribution < -0.4 is 5.32 Å². The van der Waals surface area contributed by atoms with Crippen LogP contribution in [0.15, 0.2) is 30.3 Å². The van der Waals surface area contributed by atoms with E-state index in [0.717, 1.165) is 36.3 Å². The van der Waals surface area contributed by atoms with E-state index in [4.69, 9.17) is 9.47 Å². The molecule has 1 N–H and O–H groups in total. The Labute approximate surface area is 200 Å². The maximum atomic E-state index is 13.5. The van der Waals surface area contributed by atoms with Gasteiger partial charge in [0, 0.05) is 20.1 Å². The second-order valence-electron chi connectivity index (χ2n) is 9.82. The Kier molecular flexibility index (Phi) is 8.59. The molecule has 8 heteroatoms. The van der Waals surface area contributed by atoms with Gasteiger partial charge in [0.2, 0.25) is 11.0 Å². The van der Waals surface area contributed by atoms with Crippen LogP contribution in [0.2, 0.25) is 0 Å². The lowest BCUT2D eigenvalue weighted by molar-refractivity contribution is -0.162. The number of carbonyl (C=O) groups is 2. The maximum Gasteiger partial charge on any atom is 0.309 e. The summed E-state index contributed by atoms with van der Waals surface area (Å²) in [6.45, 7) is 6.03. The third kappa shape index (κ3) is 7.33. The first kappa shape index (κ1) is 25.3. The van der Waals surface area contributed by atoms with Gasteiger partial charge < -0.3 is 14.8 Å². The van der Waals surface area contributed by atoms with Gasteiger partial charge in [-0.3, -0.25) is 9.59 Å². The van der Waals surface area contributed by atoms with Crippen LogP contribution in [0.3, 0.4) is 0 Å². The van der Waals surface area contributed by atoms with E-state index in [1.807, 2.05) is 51.1 Å². The number of anilines is 1. The lowest BCUT2D eigenvalue weighted by atomic mass is 9.76. The molecule has 1 saturated carbocycles. The number of amides is 1. The molecule has 0 bridgehead atoms. The SMILES string of the molecule is COCCC(CC1(C(=O)Nc2nnc(Cc3ccccc3)s2)CCCC1)C(=O)OC(C)(C)C. The first-order valence-electron chi connectivity index (χ1n) is 11.6. The minimum atomic E-state index is -0.611. The second-order valence-corrected chi connectivity index (χ2v) is 10.9. The molecule has 3 rings (SSSR count). The average Bonchev–Trinajstić information content (AvgIpc) is 3.41. The van der Waals surface area contributed by atoms with Crippen molar-refractivity contribution in [3.8, 4) is 0 Å². The van der Waals surface area contributed by atoms with Crippen molar-refractivity contribution in [1.82, 2.24) is 10.2 Å². The summed E-state index contributed by atoms with van der Waals surface area (Å²) in [5.74, 6) is -0.732. The fourth-order valence-electron chi connectivity index (χ4n) is 4.37. The first-order chi connectivity index (χ1) is 15.7. The van der Waals surface area contributed by atoms with Gasteiger partial charge in [-0.25, -0.2) is 0 Å². The standard InChI is InChI=1S/C25H35N3O4S/c1-24(2,3)32-21(29)19(12-15-31-4)17-25(13-8-9-14-25)22(30)26-23-28-27-20(33-23)16-18-10-6-5-7-11-18/h5-7,10-11,19H,8-9,12-17H2,1-4H3,(H,26,28,30). The molecular formula is C25H35N3O4S. The molecular weight excluding hydrogens is 438 g/mol. The van der Waals surface area contributed by atoms with E-state index in [9.17, 15) is 9.59 Å². The third-order valence-corrected chi connectivity index (χ3v) is 6.81. The monoisotopic (exact) mass is 473 g/mol. The van der Waals surface area contributed by atoms with Gasteiger partial charge in [-0.15, -0.1) is 10.2 Å². The van der Waals surface area contributed by atoms with Crippen LogP contribution in [0.4, 0.5) is 5.13 Å². The van der Waals surface area contributed by atoms with E-state index in [1.165, 1.54) is 11.3 Å². The highest BCUT2D eigenvalue weighted by Gasteiger charge is 2.45. The largest absolute Gasteiger partial charge is 0.460 e. The fraction of sp³-hybridized carbons (Fsp3) is 0.600. The molecule has 1 aliphatic rings. The van der Waals surface area contributed by atoms with E-state index in [1.54, 1.807) is 7.11 Å². The molecule has 1 unspecified atom stereocenters. The summed E-state index contributed by atoms with van der Waals surface area (Å²) in [5, 5.41) is 12.8. The van der Waals surface area contributed by atoms with Crippen LogP contribution in [0.5, 0.6) is 0 Å². The molecule has 7 nitrogen and oxygen atoms in total. The lowest BCUT2D eigenvalue weighted by Gasteiger charge is -2.32. The number of rotatable bonds is 10. The zero-order valence-electron chi connectivity index (χ0n) is 20.1. The van der Waals surface area contributed by atoms with Crippen molar-refractivity contribution in [2.75, 3.05) is 19.0 Å². The molecule has 1 aliphatic carbocycles. The van der Waals surface area contributed by atoms with Gasteiger partial charge in [0.05, 0.1) is 11.3 Å². The average molecular weight is 474 g/mol. The van der Waals surface area contributed by atoms with Crippen molar-refractivity contribution >= 4 is 28.3 Å². The van der Waals surface area contributed by atoms with Crippen LogP contribution in [-0.2, 0) is 25.5 Å². The minimum absolute atomic E-state index is 0.0756. The Balaban J connectivity index is 1.70. The van der Waals surface area contributed by atoms with Crippen molar-refractivity contribution in [3.05, 3.63) is 40.9 Å². The van der Waals surface area contributed by atoms with Crippen LogP contribution >= 0.6 is 11.3 Å². The normalized spacial score (nSPS) is 16.4. The van der Waals surface area contributed by atoms with Gasteiger partial charge >= 0.3 is 5.97 Å². The minimum Gasteiger partial charge on any atom is -0.460 e. The summed E-state index contributed by atoms with van der Waals surface area (Å²) >= 11 is 1.39. The predicted octanol–water partition coefficient (Wildman–Crippen LogP) is 5.01. The number of esters is 1. The molecule has 1 aromatic carbocycles. The number of ether oxygens (including phenoxy) is 2. The molecule has 33 heavy (non-hydrogen) atoms. The summed E-state index contributed by atoms with van der Waals surface area (Å²) in [4.78, 5) is 26.4. The number of hydrogen-bond acceptors (Lipinski definition) is 7. The van der Waals surface area contributed by atoms with Crippen LogP contribution in [-0.4, -0.2) is 41.4 Å². The number of aromatic nitrogens is 2. The highest BCUT2D eigenvalue weighted by molar-refractivity contribution is 7.15. The van der Waals surface area contributed by atoms with Crippen molar-refractivity contribution in [2.45, 2.75) is 71.3 Å². The van der Waals surface area contributed by atoms with Gasteiger partial charge in [-0.1, -0.05) is 54.5 Å². The molecule has 2 aromatic rings. The molecule has 1 aromatic heterocycles. The number of hydrogen-bond donors (Lipinski definition) is 1. The Bertz CT molecular complexity index is 917. The fourth-order valence-corrected chi connectivity index (χ4v) is 5.14. The van der Waals surface area contributed by atoms with Crippen molar-refractivity contribution in [1.29, 1.82) is 0 Å². The Morgan fingerprint density at radius 2 is 1.85 bits per heavy atom. The predicted molar refractivity (Wildman–Crippen MR) is 129 cm³/mol. The third-order valence-electron chi connectivity index (χ3n) is 5.98. The van der Waals surface area contributed by atoms with Crippen molar-refractivity contribution < 1.29 is 19.1 Å². The molecule has 0 aliphatic heterocycles. The lowest BCUT2D eigenvalue weighted by Crippen LogP contribution is -2.39. The highest BCUT2D eigenvalue weighted by Crippen LogP contribution is 2.45. The maximum absolute atomic E-state index is 13.5. The quantitative estimate of drug-likeness (QED) is 0.488. The summed E-state index contributed by atoms with van der Waals surface area (Å²) in [6, 6.07) is 10.1. The number of nitrogens with zero attached hydrogens (tertiary/aromatic N) is 2. The van der Waals surface area contributed by atoms with Crippen molar-refractivity contribution in [2.24, 2.45) is 11.3 Å². The van der Waals surface area contributed by atoms with Gasteiger partial charge in [-0.05, 0) is 52.0 Å². The van der Waals surface area contributed by atoms with Crippen LogP contribution in [0.1, 0.15) is 69.9 Å². The van der Waals surface area contributed by atoms with Gasteiger partial charge in [0.15, 0.2) is 0 Å². The van der Waals surface area contributed by atoms with Gasteiger partial charge in [0.1, 0.15) is 10.6 Å². The van der Waals surface area contributed by atoms with Gasteiger partial charge in [0.25, 0.3) is 0 Å². The number of nitrogens with one attached hydrogen (secondary N) is 1. The summed E-state index contributed by atoms with van der Waals surface area (Å²) in [5.41, 5.74) is -0.0346.